The van der Waals surface area contributed by atoms with Gasteiger partial charge in [-0.2, -0.15) is 0 Å². The number of aryl methyl sites for hydroxylation is 3. The fourth-order valence-electron chi connectivity index (χ4n) is 4.67. The van der Waals surface area contributed by atoms with Crippen molar-refractivity contribution >= 4 is 72.8 Å². The van der Waals surface area contributed by atoms with Crippen LogP contribution in [-0.2, 0) is 0 Å². The Morgan fingerprint density at radius 3 is 1.04 bits per heavy atom. The first-order valence-corrected chi connectivity index (χ1v) is 17.5. The molecule has 6 aromatic carbocycles. The Morgan fingerprint density at radius 2 is 0.708 bits per heavy atom. The quantitative estimate of drug-likeness (QED) is 0.135. The first-order chi connectivity index (χ1) is 23.2. The summed E-state index contributed by atoms with van der Waals surface area (Å²) in [5.74, 6) is 0. The van der Waals surface area contributed by atoms with Crippen molar-refractivity contribution in [2.45, 2.75) is 27.7 Å². The molecule has 0 saturated carbocycles. The van der Waals surface area contributed by atoms with Gasteiger partial charge in [0.05, 0.1) is 0 Å². The lowest BCUT2D eigenvalue weighted by atomic mass is 10.1. The van der Waals surface area contributed by atoms with Gasteiger partial charge < -0.3 is 10.6 Å². The van der Waals surface area contributed by atoms with Gasteiger partial charge in [-0.15, -0.1) is 0 Å². The van der Waals surface area contributed by atoms with E-state index in [0.717, 1.165) is 20.3 Å². The predicted molar refractivity (Wildman–Crippen MR) is 218 cm³/mol. The number of hydrogen-bond acceptors (Lipinski definition) is 2. The highest BCUT2D eigenvalue weighted by Crippen LogP contribution is 2.34. The van der Waals surface area contributed by atoms with Crippen LogP contribution in [0.2, 0.25) is 0 Å². The Bertz CT molecular complexity index is 1760. The van der Waals surface area contributed by atoms with Gasteiger partial charge in [0.1, 0.15) is 0 Å². The largest absolute Gasteiger partial charge is 0.399 e. The van der Waals surface area contributed by atoms with Crippen molar-refractivity contribution in [1.29, 1.82) is 0 Å². The van der Waals surface area contributed by atoms with Crippen molar-refractivity contribution < 1.29 is 0 Å². The molecule has 6 aromatic rings. The van der Waals surface area contributed by atoms with Gasteiger partial charge in [-0.1, -0.05) is 146 Å². The van der Waals surface area contributed by atoms with Crippen molar-refractivity contribution in [2.24, 2.45) is 0 Å². The number of benzene rings is 6. The van der Waals surface area contributed by atoms with Crippen LogP contribution in [0, 0.1) is 20.8 Å². The van der Waals surface area contributed by atoms with Crippen LogP contribution in [0.4, 0.5) is 22.7 Å². The average Bonchev–Trinajstić information content (AvgIpc) is 3.10. The lowest BCUT2D eigenvalue weighted by molar-refractivity contribution is 1.27. The molecule has 0 bridgehead atoms. The van der Waals surface area contributed by atoms with Crippen molar-refractivity contribution in [1.82, 2.24) is 0 Å². The van der Waals surface area contributed by atoms with Crippen molar-refractivity contribution in [2.75, 3.05) is 10.6 Å². The van der Waals surface area contributed by atoms with Gasteiger partial charge in [-0.25, -0.2) is 0 Å². The van der Waals surface area contributed by atoms with E-state index < -0.39 is 0 Å². The first kappa shape index (κ1) is 36.2. The maximum Gasteiger partial charge on any atom is 0.0462 e. The first-order valence-electron chi connectivity index (χ1n) is 15.9. The molecule has 0 radical (unpaired) electrons. The van der Waals surface area contributed by atoms with Crippen LogP contribution in [0.25, 0.3) is 18.2 Å². The number of anilines is 4. The summed E-state index contributed by atoms with van der Waals surface area (Å²) in [5, 5.41) is 0. The van der Waals surface area contributed by atoms with Crippen molar-refractivity contribution in [3.05, 3.63) is 194 Å². The van der Waals surface area contributed by atoms with Gasteiger partial charge >= 0.3 is 0 Å². The lowest BCUT2D eigenvalue weighted by Crippen LogP contribution is -2.09. The molecule has 0 atom stereocenters. The summed E-state index contributed by atoms with van der Waals surface area (Å²) >= 11 is 6.84. The van der Waals surface area contributed by atoms with Crippen LogP contribution in [0.3, 0.4) is 0 Å². The third-order valence-corrected chi connectivity index (χ3v) is 8.44. The van der Waals surface area contributed by atoms with Crippen LogP contribution >= 0.6 is 31.9 Å². The number of nitrogen functional groups attached to an aromatic ring is 1. The summed E-state index contributed by atoms with van der Waals surface area (Å²) < 4.78 is 2.21. The van der Waals surface area contributed by atoms with Gasteiger partial charge in [0.15, 0.2) is 0 Å². The Labute approximate surface area is 303 Å². The van der Waals surface area contributed by atoms with E-state index in [1.807, 2.05) is 62.4 Å². The third-order valence-electron chi connectivity index (χ3n) is 7.38. The summed E-state index contributed by atoms with van der Waals surface area (Å²) in [6, 6.07) is 50.3. The fourth-order valence-corrected chi connectivity index (χ4v) is 5.20. The SMILES string of the molecule is Brc1ccc(/C=C/c2ccc(Br)cc2)cc1.CC=Cc1ccc(N(c2ccc(C)cc2)c2ccc(C)cc2)cc1.Cc1ccc(N)cc1. The smallest absolute Gasteiger partial charge is 0.0462 e. The van der Waals surface area contributed by atoms with Crippen LogP contribution < -0.4 is 10.6 Å². The topological polar surface area (TPSA) is 29.3 Å². The van der Waals surface area contributed by atoms with Crippen molar-refractivity contribution in [3.8, 4) is 0 Å². The third kappa shape index (κ3) is 11.9. The number of hydrogen-bond donors (Lipinski definition) is 1. The molecule has 2 N–H and O–H groups in total. The average molecular weight is 759 g/mol. The molecule has 0 aliphatic carbocycles. The Hall–Kier alpha value is -4.64. The highest BCUT2D eigenvalue weighted by molar-refractivity contribution is 9.10. The number of allylic oxidation sites excluding steroid dienone is 1. The highest BCUT2D eigenvalue weighted by Gasteiger charge is 2.12. The molecule has 0 unspecified atom stereocenters. The molecule has 0 fully saturated rings. The van der Waals surface area contributed by atoms with E-state index in [1.54, 1.807) is 0 Å². The summed E-state index contributed by atoms with van der Waals surface area (Å²) in [5.41, 5.74) is 17.2. The summed E-state index contributed by atoms with van der Waals surface area (Å²) in [6.45, 7) is 8.32. The van der Waals surface area contributed by atoms with Crippen LogP contribution in [0.15, 0.2) is 161 Å². The molecule has 4 heteroatoms. The van der Waals surface area contributed by atoms with Gasteiger partial charge in [-0.3, -0.25) is 0 Å². The maximum atomic E-state index is 5.43. The molecule has 242 valence electrons. The zero-order valence-electron chi connectivity index (χ0n) is 27.9. The van der Waals surface area contributed by atoms with Crippen LogP contribution in [0.5, 0.6) is 0 Å². The monoisotopic (exact) mass is 756 g/mol. The number of nitrogens with two attached hydrogens (primary N) is 1. The minimum absolute atomic E-state index is 0.829. The summed E-state index contributed by atoms with van der Waals surface area (Å²) in [7, 11) is 0. The van der Waals surface area contributed by atoms with Gasteiger partial charge in [-0.05, 0) is 117 Å². The van der Waals surface area contributed by atoms with E-state index in [1.165, 1.54) is 44.8 Å². The Balaban J connectivity index is 0.000000185. The minimum atomic E-state index is 0.829. The molecular weight excluding hydrogens is 716 g/mol. The minimum Gasteiger partial charge on any atom is -0.399 e. The van der Waals surface area contributed by atoms with E-state index >= 15 is 0 Å². The second kappa shape index (κ2) is 18.6. The molecule has 0 aromatic heterocycles. The maximum absolute atomic E-state index is 5.43. The Morgan fingerprint density at radius 1 is 0.417 bits per heavy atom. The van der Waals surface area contributed by atoms with E-state index in [-0.39, 0.29) is 0 Å². The van der Waals surface area contributed by atoms with Crippen LogP contribution in [-0.4, -0.2) is 0 Å². The normalized spacial score (nSPS) is 10.6. The molecule has 0 spiro atoms. The van der Waals surface area contributed by atoms with Crippen LogP contribution in [0.1, 0.15) is 40.3 Å². The molecular formula is C44H42Br2N2. The zero-order valence-corrected chi connectivity index (χ0v) is 31.1. The molecule has 0 aliphatic heterocycles. The predicted octanol–water partition coefficient (Wildman–Crippen LogP) is 13.8. The molecule has 0 aliphatic rings. The standard InChI is InChI=1S/C23H23N.C14H10Br2.C7H9N/c1-4-5-20-10-16-23(17-11-20)24(21-12-6-18(2)7-13-21)22-14-8-19(3)9-15-22;15-13-7-3-11(4-8-13)1-2-12-5-9-14(16)10-6-12;1-6-2-4-7(8)5-3-6/h4-17H,1-3H3;1-10H;2-5H,8H2,1H3/b;2-1+;. The fraction of sp³-hybridized carbons (Fsp3) is 0.0909. The van der Waals surface area contributed by atoms with E-state index in [4.69, 9.17) is 5.73 Å². The molecule has 0 saturated heterocycles. The number of rotatable bonds is 6. The van der Waals surface area contributed by atoms with E-state index in [9.17, 15) is 0 Å². The van der Waals surface area contributed by atoms with Crippen molar-refractivity contribution in [3.63, 3.8) is 0 Å². The molecule has 2 nitrogen and oxygen atoms in total. The number of halogens is 2. The van der Waals surface area contributed by atoms with Gasteiger partial charge in [0, 0.05) is 31.7 Å². The molecule has 0 heterocycles. The molecule has 0 amide bonds. The second-order valence-electron chi connectivity index (χ2n) is 11.4. The van der Waals surface area contributed by atoms with E-state index in [2.05, 4.69) is 172 Å². The summed E-state index contributed by atoms with van der Waals surface area (Å²) in [4.78, 5) is 2.29. The zero-order chi connectivity index (χ0) is 34.3. The molecule has 48 heavy (non-hydrogen) atoms. The summed E-state index contributed by atoms with van der Waals surface area (Å²) in [6.07, 6.45) is 8.39. The van der Waals surface area contributed by atoms with E-state index in [0.29, 0.717) is 0 Å². The van der Waals surface area contributed by atoms with Gasteiger partial charge in [0.2, 0.25) is 0 Å². The molecule has 6 rings (SSSR count). The Kier molecular flexibility index (Phi) is 14.1. The number of nitrogens with zero attached hydrogens (tertiary/aromatic N) is 1. The highest BCUT2D eigenvalue weighted by atomic mass is 79.9. The second-order valence-corrected chi connectivity index (χ2v) is 13.3. The van der Waals surface area contributed by atoms with Gasteiger partial charge in [0.25, 0.3) is 0 Å². The lowest BCUT2D eigenvalue weighted by Gasteiger charge is -2.25.